The van der Waals surface area contributed by atoms with Gasteiger partial charge in [0.05, 0.1) is 39.3 Å². The van der Waals surface area contributed by atoms with Crippen LogP contribution in [0.1, 0.15) is 23.8 Å². The molecule has 3 rings (SSSR count). The molecule has 0 saturated carbocycles. The number of carbonyl (C=O) groups excluding carboxylic acids is 1. The maximum atomic E-state index is 13.5. The van der Waals surface area contributed by atoms with Crippen molar-refractivity contribution in [2.45, 2.75) is 31.2 Å². The average molecular weight is 547 g/mol. The smallest absolute Gasteiger partial charge is 0.243 e. The van der Waals surface area contributed by atoms with E-state index in [9.17, 15) is 13.2 Å². The second kappa shape index (κ2) is 13.5. The predicted octanol–water partition coefficient (Wildman–Crippen LogP) is 4.45. The van der Waals surface area contributed by atoms with Gasteiger partial charge in [-0.05, 0) is 66.2 Å². The number of hydrogen-bond acceptors (Lipinski definition) is 7. The minimum Gasteiger partial charge on any atom is -0.497 e. The summed E-state index contributed by atoms with van der Waals surface area (Å²) < 4.78 is 43.9. The van der Waals surface area contributed by atoms with E-state index in [1.807, 2.05) is 42.6 Å². The second-order valence-corrected chi connectivity index (χ2v) is 11.3. The van der Waals surface area contributed by atoms with Crippen molar-refractivity contribution in [3.05, 3.63) is 70.4 Å². The normalized spacial score (nSPS) is 11.4. The first-order chi connectivity index (χ1) is 17.8. The predicted molar refractivity (Wildman–Crippen MR) is 145 cm³/mol. The van der Waals surface area contributed by atoms with Gasteiger partial charge in [-0.15, -0.1) is 11.3 Å². The number of methoxy groups -OCH3 is 3. The fourth-order valence-electron chi connectivity index (χ4n) is 3.86. The molecular weight excluding hydrogens is 512 g/mol. The van der Waals surface area contributed by atoms with Gasteiger partial charge in [-0.25, -0.2) is 8.42 Å². The first kappa shape index (κ1) is 28.5. The monoisotopic (exact) mass is 546 g/mol. The zero-order chi connectivity index (χ0) is 26.8. The Labute approximate surface area is 223 Å². The molecule has 1 amide bonds. The van der Waals surface area contributed by atoms with Gasteiger partial charge in [-0.3, -0.25) is 4.79 Å². The number of amides is 1. The van der Waals surface area contributed by atoms with Crippen LogP contribution in [0.5, 0.6) is 17.2 Å². The quantitative estimate of drug-likeness (QED) is 0.297. The van der Waals surface area contributed by atoms with Gasteiger partial charge in [0.15, 0.2) is 11.5 Å². The summed E-state index contributed by atoms with van der Waals surface area (Å²) in [6.07, 6.45) is 1.16. The Morgan fingerprint density at radius 1 is 0.919 bits per heavy atom. The van der Waals surface area contributed by atoms with Crippen LogP contribution < -0.4 is 14.2 Å². The van der Waals surface area contributed by atoms with E-state index >= 15 is 0 Å². The molecule has 0 atom stereocenters. The van der Waals surface area contributed by atoms with Crippen LogP contribution in [0.2, 0.25) is 0 Å². The minimum absolute atomic E-state index is 0.129. The average Bonchev–Trinajstić information content (AvgIpc) is 3.43. The van der Waals surface area contributed by atoms with Crippen molar-refractivity contribution in [3.63, 3.8) is 0 Å². The summed E-state index contributed by atoms with van der Waals surface area (Å²) in [4.78, 5) is 16.4. The maximum Gasteiger partial charge on any atom is 0.243 e. The van der Waals surface area contributed by atoms with Crippen LogP contribution in [0.15, 0.2) is 64.9 Å². The fraction of sp³-hybridized carbons (Fsp3) is 0.370. The lowest BCUT2D eigenvalue weighted by atomic mass is 10.1. The number of ether oxygens (including phenoxy) is 3. The molecule has 0 unspecified atom stereocenters. The topological polar surface area (TPSA) is 85.4 Å². The van der Waals surface area contributed by atoms with E-state index in [1.54, 1.807) is 42.6 Å². The number of benzene rings is 2. The van der Waals surface area contributed by atoms with Crippen LogP contribution in [0.4, 0.5) is 0 Å². The largest absolute Gasteiger partial charge is 0.497 e. The molecule has 2 aromatic carbocycles. The molecule has 3 aromatic rings. The Balaban J connectivity index is 1.80. The standard InChI is InChI=1S/C27H34N2O6S2/c1-5-15-29(37(31,32)24-11-9-22(33-2)10-12-24)20-27(30)28(19-23-7-6-17-36-23)16-14-21-8-13-25(34-3)26(18-21)35-4/h6-13,17-18H,5,14-16,19-20H2,1-4H3. The number of rotatable bonds is 14. The summed E-state index contributed by atoms with van der Waals surface area (Å²) in [6.45, 7) is 2.73. The summed E-state index contributed by atoms with van der Waals surface area (Å²) in [7, 11) is 0.831. The molecule has 37 heavy (non-hydrogen) atoms. The van der Waals surface area contributed by atoms with Gasteiger partial charge in [0.2, 0.25) is 15.9 Å². The van der Waals surface area contributed by atoms with E-state index in [-0.39, 0.29) is 23.9 Å². The Morgan fingerprint density at radius 3 is 2.24 bits per heavy atom. The van der Waals surface area contributed by atoms with Crippen LogP contribution in [0.25, 0.3) is 0 Å². The van der Waals surface area contributed by atoms with Crippen molar-refractivity contribution >= 4 is 27.3 Å². The van der Waals surface area contributed by atoms with Gasteiger partial charge in [0, 0.05) is 18.0 Å². The second-order valence-electron chi connectivity index (χ2n) is 8.35. The molecule has 0 bridgehead atoms. The van der Waals surface area contributed by atoms with Crippen molar-refractivity contribution in [1.29, 1.82) is 0 Å². The van der Waals surface area contributed by atoms with E-state index in [1.165, 1.54) is 23.5 Å². The molecule has 0 aliphatic heterocycles. The van der Waals surface area contributed by atoms with Gasteiger partial charge >= 0.3 is 0 Å². The van der Waals surface area contributed by atoms with E-state index in [0.29, 0.717) is 43.2 Å². The van der Waals surface area contributed by atoms with Crippen LogP contribution in [-0.4, -0.2) is 64.5 Å². The fourth-order valence-corrected chi connectivity index (χ4v) is 6.06. The zero-order valence-corrected chi connectivity index (χ0v) is 23.3. The van der Waals surface area contributed by atoms with Gasteiger partial charge in [0.1, 0.15) is 5.75 Å². The number of carbonyl (C=O) groups is 1. The lowest BCUT2D eigenvalue weighted by Gasteiger charge is -2.27. The number of hydrogen-bond donors (Lipinski definition) is 0. The van der Waals surface area contributed by atoms with E-state index in [2.05, 4.69) is 0 Å². The highest BCUT2D eigenvalue weighted by molar-refractivity contribution is 7.89. The Hall–Kier alpha value is -3.08. The Bertz CT molecular complexity index is 1240. The zero-order valence-electron chi connectivity index (χ0n) is 21.7. The van der Waals surface area contributed by atoms with E-state index in [4.69, 9.17) is 14.2 Å². The third kappa shape index (κ3) is 7.47. The minimum atomic E-state index is -3.86. The highest BCUT2D eigenvalue weighted by atomic mass is 32.2. The van der Waals surface area contributed by atoms with Gasteiger partial charge in [-0.1, -0.05) is 19.1 Å². The molecule has 0 fully saturated rings. The maximum absolute atomic E-state index is 13.5. The van der Waals surface area contributed by atoms with Crippen molar-refractivity contribution in [3.8, 4) is 17.2 Å². The van der Waals surface area contributed by atoms with Crippen molar-refractivity contribution < 1.29 is 27.4 Å². The van der Waals surface area contributed by atoms with E-state index in [0.717, 1.165) is 10.4 Å². The van der Waals surface area contributed by atoms with Crippen LogP contribution >= 0.6 is 11.3 Å². The molecule has 200 valence electrons. The molecule has 0 radical (unpaired) electrons. The number of sulfonamides is 1. The molecule has 0 aliphatic rings. The van der Waals surface area contributed by atoms with Crippen molar-refractivity contribution in [2.75, 3.05) is 41.0 Å². The Kier molecular flexibility index (Phi) is 10.4. The summed E-state index contributed by atoms with van der Waals surface area (Å²) in [5.41, 5.74) is 0.984. The molecule has 8 nitrogen and oxygen atoms in total. The Morgan fingerprint density at radius 2 is 1.65 bits per heavy atom. The van der Waals surface area contributed by atoms with Crippen LogP contribution in [0.3, 0.4) is 0 Å². The lowest BCUT2D eigenvalue weighted by molar-refractivity contribution is -0.132. The molecule has 10 heteroatoms. The summed E-state index contributed by atoms with van der Waals surface area (Å²) in [5, 5.41) is 1.96. The van der Waals surface area contributed by atoms with Crippen molar-refractivity contribution in [1.82, 2.24) is 9.21 Å². The number of thiophene rings is 1. The van der Waals surface area contributed by atoms with Crippen molar-refractivity contribution in [2.24, 2.45) is 0 Å². The van der Waals surface area contributed by atoms with Gasteiger partial charge in [0.25, 0.3) is 0 Å². The molecular formula is C27H34N2O6S2. The van der Waals surface area contributed by atoms with Gasteiger partial charge < -0.3 is 19.1 Å². The van der Waals surface area contributed by atoms with Gasteiger partial charge in [-0.2, -0.15) is 4.31 Å². The highest BCUT2D eigenvalue weighted by Crippen LogP contribution is 2.28. The molecule has 0 N–H and O–H groups in total. The SMILES string of the molecule is CCCN(CC(=O)N(CCc1ccc(OC)c(OC)c1)Cc1cccs1)S(=O)(=O)c1ccc(OC)cc1. The molecule has 0 saturated heterocycles. The summed E-state index contributed by atoms with van der Waals surface area (Å²) >= 11 is 1.56. The summed E-state index contributed by atoms with van der Waals surface area (Å²) in [5.74, 6) is 1.57. The third-order valence-electron chi connectivity index (χ3n) is 5.88. The van der Waals surface area contributed by atoms with E-state index < -0.39 is 10.0 Å². The molecule has 1 heterocycles. The highest BCUT2D eigenvalue weighted by Gasteiger charge is 2.28. The summed E-state index contributed by atoms with van der Waals surface area (Å²) in [6, 6.07) is 15.8. The first-order valence-corrected chi connectivity index (χ1v) is 14.3. The molecule has 0 aliphatic carbocycles. The third-order valence-corrected chi connectivity index (χ3v) is 8.60. The van der Waals surface area contributed by atoms with Crippen LogP contribution in [0, 0.1) is 0 Å². The number of nitrogens with zero attached hydrogens (tertiary/aromatic N) is 2. The molecule has 0 spiro atoms. The first-order valence-electron chi connectivity index (χ1n) is 12.0. The lowest BCUT2D eigenvalue weighted by Crippen LogP contribution is -2.43. The molecule has 1 aromatic heterocycles. The van der Waals surface area contributed by atoms with Crippen LogP contribution in [-0.2, 0) is 27.8 Å².